The van der Waals surface area contributed by atoms with Gasteiger partial charge in [-0.1, -0.05) is 37.6 Å². The fraction of sp³-hybridized carbons (Fsp3) is 0.300. The Bertz CT molecular complexity index is 860. The average molecular weight is 355 g/mol. The minimum atomic E-state index is -0.481. The van der Waals surface area contributed by atoms with Crippen molar-refractivity contribution in [3.8, 4) is 11.5 Å². The standard InChI is InChI=1S/C20H21NO5/c1-2-3-9-26-10-8-21-14-11-15(22)16-17(20(14)25)19(24)13-7-5-4-6-12(13)18(16)23/h4-7,11,21-22,25H,2-3,8-10H2,1H3. The lowest BCUT2D eigenvalue weighted by Crippen LogP contribution is -2.22. The molecule has 2 aromatic rings. The second kappa shape index (κ2) is 7.58. The number of phenolic OH excluding ortho intramolecular Hbond substituents is 2. The van der Waals surface area contributed by atoms with E-state index in [1.54, 1.807) is 12.1 Å². The number of phenols is 2. The van der Waals surface area contributed by atoms with Gasteiger partial charge in [0.25, 0.3) is 0 Å². The zero-order valence-electron chi connectivity index (χ0n) is 14.5. The van der Waals surface area contributed by atoms with E-state index in [-0.39, 0.29) is 39.4 Å². The van der Waals surface area contributed by atoms with Gasteiger partial charge in [-0.15, -0.1) is 0 Å². The van der Waals surface area contributed by atoms with Gasteiger partial charge in [0.15, 0.2) is 17.3 Å². The molecule has 0 aliphatic heterocycles. The molecule has 0 bridgehead atoms. The number of carbonyl (C=O) groups excluding carboxylic acids is 2. The highest BCUT2D eigenvalue weighted by Crippen LogP contribution is 2.42. The molecule has 0 radical (unpaired) electrons. The maximum absolute atomic E-state index is 12.8. The van der Waals surface area contributed by atoms with Crippen molar-refractivity contribution < 1.29 is 24.5 Å². The predicted octanol–water partition coefficient (Wildman–Crippen LogP) is 3.10. The van der Waals surface area contributed by atoms with Gasteiger partial charge >= 0.3 is 0 Å². The number of nitrogens with one attached hydrogen (secondary N) is 1. The number of fused-ring (bicyclic) bond motifs is 2. The van der Waals surface area contributed by atoms with Crippen LogP contribution in [0, 0.1) is 0 Å². The third kappa shape index (κ3) is 3.15. The Hall–Kier alpha value is -2.86. The lowest BCUT2D eigenvalue weighted by molar-refractivity contribution is 0.0974. The highest BCUT2D eigenvalue weighted by Gasteiger charge is 2.35. The molecule has 0 heterocycles. The first kappa shape index (κ1) is 17.9. The molecular weight excluding hydrogens is 334 g/mol. The summed E-state index contributed by atoms with van der Waals surface area (Å²) in [6, 6.07) is 7.65. The molecule has 6 heteroatoms. The predicted molar refractivity (Wildman–Crippen MR) is 97.3 cm³/mol. The van der Waals surface area contributed by atoms with Crippen molar-refractivity contribution in [1.82, 2.24) is 0 Å². The molecular formula is C20H21NO5. The number of anilines is 1. The Kier molecular flexibility index (Phi) is 5.23. The number of ketones is 2. The molecule has 1 aliphatic rings. The zero-order chi connectivity index (χ0) is 18.7. The molecule has 3 N–H and O–H groups in total. The van der Waals surface area contributed by atoms with E-state index in [0.717, 1.165) is 12.8 Å². The molecule has 0 atom stereocenters. The molecule has 0 aromatic heterocycles. The first-order chi connectivity index (χ1) is 12.6. The van der Waals surface area contributed by atoms with Gasteiger partial charge in [-0.25, -0.2) is 0 Å². The Morgan fingerprint density at radius 2 is 1.65 bits per heavy atom. The highest BCUT2D eigenvalue weighted by atomic mass is 16.5. The van der Waals surface area contributed by atoms with Gasteiger partial charge in [-0.3, -0.25) is 9.59 Å². The van der Waals surface area contributed by atoms with Crippen LogP contribution in [0.1, 0.15) is 51.6 Å². The van der Waals surface area contributed by atoms with Crippen LogP contribution in [-0.2, 0) is 4.74 Å². The van der Waals surface area contributed by atoms with Crippen LogP contribution in [0.3, 0.4) is 0 Å². The van der Waals surface area contributed by atoms with E-state index < -0.39 is 11.6 Å². The first-order valence-corrected chi connectivity index (χ1v) is 8.65. The van der Waals surface area contributed by atoms with Crippen molar-refractivity contribution in [3.05, 3.63) is 52.6 Å². The summed E-state index contributed by atoms with van der Waals surface area (Å²) in [6.45, 7) is 3.55. The molecule has 6 nitrogen and oxygen atoms in total. The van der Waals surface area contributed by atoms with Gasteiger partial charge in [0, 0.05) is 30.3 Å². The van der Waals surface area contributed by atoms with Gasteiger partial charge in [-0.05, 0) is 6.42 Å². The lowest BCUT2D eigenvalue weighted by atomic mass is 9.82. The third-order valence-electron chi connectivity index (χ3n) is 4.35. The molecule has 26 heavy (non-hydrogen) atoms. The van der Waals surface area contributed by atoms with Crippen molar-refractivity contribution in [3.63, 3.8) is 0 Å². The molecule has 0 amide bonds. The average Bonchev–Trinajstić information content (AvgIpc) is 2.65. The smallest absolute Gasteiger partial charge is 0.198 e. The molecule has 1 aliphatic carbocycles. The molecule has 0 saturated heterocycles. The second-order valence-corrected chi connectivity index (χ2v) is 6.14. The summed E-state index contributed by atoms with van der Waals surface area (Å²) in [4.78, 5) is 25.4. The van der Waals surface area contributed by atoms with Crippen LogP contribution >= 0.6 is 0 Å². The van der Waals surface area contributed by atoms with Crippen molar-refractivity contribution in [2.45, 2.75) is 19.8 Å². The Morgan fingerprint density at radius 1 is 1.00 bits per heavy atom. The number of carbonyl (C=O) groups is 2. The summed E-state index contributed by atoms with van der Waals surface area (Å²) in [7, 11) is 0. The van der Waals surface area contributed by atoms with Crippen LogP contribution in [0.25, 0.3) is 0 Å². The van der Waals surface area contributed by atoms with Crippen molar-refractivity contribution in [2.24, 2.45) is 0 Å². The number of hydrogen-bond donors (Lipinski definition) is 3. The van der Waals surface area contributed by atoms with Crippen LogP contribution in [0.4, 0.5) is 5.69 Å². The highest BCUT2D eigenvalue weighted by molar-refractivity contribution is 6.30. The van der Waals surface area contributed by atoms with E-state index in [1.807, 2.05) is 0 Å². The van der Waals surface area contributed by atoms with E-state index in [9.17, 15) is 19.8 Å². The number of hydrogen-bond acceptors (Lipinski definition) is 6. The topological polar surface area (TPSA) is 95.9 Å². The number of aromatic hydroxyl groups is 2. The van der Waals surface area contributed by atoms with Crippen LogP contribution in [0.5, 0.6) is 11.5 Å². The maximum Gasteiger partial charge on any atom is 0.198 e. The van der Waals surface area contributed by atoms with Crippen molar-refractivity contribution in [2.75, 3.05) is 25.1 Å². The molecule has 0 spiro atoms. The van der Waals surface area contributed by atoms with Crippen LogP contribution < -0.4 is 5.32 Å². The second-order valence-electron chi connectivity index (χ2n) is 6.14. The van der Waals surface area contributed by atoms with Crippen LogP contribution in [0.15, 0.2) is 30.3 Å². The summed E-state index contributed by atoms with van der Waals surface area (Å²) in [5.41, 5.74) is 0.324. The molecule has 0 fully saturated rings. The molecule has 3 rings (SSSR count). The lowest BCUT2D eigenvalue weighted by Gasteiger charge is -2.21. The first-order valence-electron chi connectivity index (χ1n) is 8.65. The summed E-state index contributed by atoms with van der Waals surface area (Å²) >= 11 is 0. The molecule has 0 saturated carbocycles. The minimum Gasteiger partial charge on any atom is -0.507 e. The van der Waals surface area contributed by atoms with E-state index in [2.05, 4.69) is 12.2 Å². The van der Waals surface area contributed by atoms with Gasteiger partial charge in [0.2, 0.25) is 0 Å². The molecule has 136 valence electrons. The van der Waals surface area contributed by atoms with Crippen molar-refractivity contribution >= 4 is 17.3 Å². The molecule has 2 aromatic carbocycles. The largest absolute Gasteiger partial charge is 0.507 e. The molecule has 0 unspecified atom stereocenters. The normalized spacial score (nSPS) is 12.7. The van der Waals surface area contributed by atoms with Crippen molar-refractivity contribution in [1.29, 1.82) is 0 Å². The fourth-order valence-electron chi connectivity index (χ4n) is 3.00. The van der Waals surface area contributed by atoms with Gasteiger partial charge in [0.05, 0.1) is 23.4 Å². The van der Waals surface area contributed by atoms with Crippen LogP contribution in [0.2, 0.25) is 0 Å². The van der Waals surface area contributed by atoms with E-state index in [1.165, 1.54) is 18.2 Å². The Balaban J connectivity index is 1.87. The maximum atomic E-state index is 12.8. The number of unbranched alkanes of at least 4 members (excludes halogenated alkanes) is 1. The van der Waals surface area contributed by atoms with Crippen LogP contribution in [-0.4, -0.2) is 41.5 Å². The van der Waals surface area contributed by atoms with Gasteiger partial charge < -0.3 is 20.3 Å². The number of rotatable bonds is 7. The monoisotopic (exact) mass is 355 g/mol. The minimum absolute atomic E-state index is 0.157. The Labute approximate surface area is 151 Å². The number of benzene rings is 2. The van der Waals surface area contributed by atoms with Gasteiger partial charge in [0.1, 0.15) is 5.75 Å². The van der Waals surface area contributed by atoms with Gasteiger partial charge in [-0.2, -0.15) is 0 Å². The number of ether oxygens (including phenoxy) is 1. The quantitative estimate of drug-likeness (QED) is 0.342. The summed E-state index contributed by atoms with van der Waals surface area (Å²) in [5.74, 6) is -1.62. The zero-order valence-corrected chi connectivity index (χ0v) is 14.5. The summed E-state index contributed by atoms with van der Waals surface area (Å²) < 4.78 is 5.44. The third-order valence-corrected chi connectivity index (χ3v) is 4.35. The fourth-order valence-corrected chi connectivity index (χ4v) is 3.00. The SMILES string of the molecule is CCCCOCCNc1cc(O)c2c(c1O)C(=O)c1ccccc1C2=O. The summed E-state index contributed by atoms with van der Waals surface area (Å²) in [6.07, 6.45) is 2.02. The Morgan fingerprint density at radius 3 is 2.31 bits per heavy atom. The van der Waals surface area contributed by atoms with E-state index in [4.69, 9.17) is 4.74 Å². The summed E-state index contributed by atoms with van der Waals surface area (Å²) in [5, 5.41) is 23.8. The van der Waals surface area contributed by atoms with E-state index >= 15 is 0 Å². The van der Waals surface area contributed by atoms with E-state index in [0.29, 0.717) is 19.8 Å².